The van der Waals surface area contributed by atoms with Crippen LogP contribution in [0, 0.1) is 6.92 Å². The van der Waals surface area contributed by atoms with E-state index in [-0.39, 0.29) is 0 Å². The molecule has 25 heavy (non-hydrogen) atoms. The number of pyridine rings is 1. The number of furan rings is 1. The zero-order valence-corrected chi connectivity index (χ0v) is 15.1. The third-order valence-electron chi connectivity index (χ3n) is 4.07. The van der Waals surface area contributed by atoms with Crippen LogP contribution in [-0.4, -0.2) is 54.1 Å². The Bertz CT molecular complexity index is 830. The van der Waals surface area contributed by atoms with Gasteiger partial charge in [0.05, 0.1) is 6.26 Å². The smallest absolute Gasteiger partial charge is 0.225 e. The summed E-state index contributed by atoms with van der Waals surface area (Å²) in [5, 5.41) is 0. The number of nitrogens with zero attached hydrogens (tertiary/aromatic N) is 5. The van der Waals surface area contributed by atoms with Crippen molar-refractivity contribution in [1.29, 1.82) is 0 Å². The standard InChI is InChI=1S/C19H23N5O/c1-14-12-20-8-7-15(14)16-13-21-19(24(4)10-9-23(2)3)22-18(16)17-6-5-11-25-17/h5-8,11-13H,9-10H2,1-4H3. The molecule has 0 aliphatic heterocycles. The van der Waals surface area contributed by atoms with Crippen LogP contribution in [0.5, 0.6) is 0 Å². The summed E-state index contributed by atoms with van der Waals surface area (Å²) >= 11 is 0. The lowest BCUT2D eigenvalue weighted by Gasteiger charge is -2.20. The lowest BCUT2D eigenvalue weighted by Crippen LogP contribution is -2.29. The molecule has 3 aromatic heterocycles. The minimum atomic E-state index is 0.684. The zero-order valence-electron chi connectivity index (χ0n) is 15.1. The van der Waals surface area contributed by atoms with Crippen LogP contribution in [0.3, 0.4) is 0 Å². The van der Waals surface area contributed by atoms with Crippen molar-refractivity contribution >= 4 is 5.95 Å². The minimum Gasteiger partial charge on any atom is -0.463 e. The van der Waals surface area contributed by atoms with E-state index in [4.69, 9.17) is 9.40 Å². The number of aryl methyl sites for hydroxylation is 1. The molecule has 0 radical (unpaired) electrons. The highest BCUT2D eigenvalue weighted by molar-refractivity contribution is 5.80. The monoisotopic (exact) mass is 337 g/mol. The molecular formula is C19H23N5O. The Morgan fingerprint density at radius 1 is 1.04 bits per heavy atom. The van der Waals surface area contributed by atoms with Crippen LogP contribution in [-0.2, 0) is 0 Å². The Kier molecular flexibility index (Phi) is 5.09. The Labute approximate surface area is 148 Å². The van der Waals surface area contributed by atoms with Crippen molar-refractivity contribution in [3.05, 3.63) is 48.6 Å². The lowest BCUT2D eigenvalue weighted by atomic mass is 10.0. The molecule has 0 atom stereocenters. The van der Waals surface area contributed by atoms with Crippen LogP contribution < -0.4 is 4.90 Å². The summed E-state index contributed by atoms with van der Waals surface area (Å²) in [6, 6.07) is 5.78. The number of hydrogen-bond acceptors (Lipinski definition) is 6. The SMILES string of the molecule is Cc1cnccc1-c1cnc(N(C)CCN(C)C)nc1-c1ccco1. The van der Waals surface area contributed by atoms with E-state index < -0.39 is 0 Å². The van der Waals surface area contributed by atoms with E-state index in [0.717, 1.165) is 41.2 Å². The summed E-state index contributed by atoms with van der Waals surface area (Å²) in [7, 11) is 6.11. The minimum absolute atomic E-state index is 0.684. The molecule has 3 heterocycles. The lowest BCUT2D eigenvalue weighted by molar-refractivity contribution is 0.415. The first kappa shape index (κ1) is 17.1. The van der Waals surface area contributed by atoms with Crippen LogP contribution in [0.2, 0.25) is 0 Å². The highest BCUT2D eigenvalue weighted by Crippen LogP contribution is 2.32. The van der Waals surface area contributed by atoms with Gasteiger partial charge in [-0.3, -0.25) is 4.98 Å². The van der Waals surface area contributed by atoms with E-state index in [9.17, 15) is 0 Å². The Hall–Kier alpha value is -2.73. The van der Waals surface area contributed by atoms with Crippen molar-refractivity contribution < 1.29 is 4.42 Å². The average molecular weight is 337 g/mol. The fraction of sp³-hybridized carbons (Fsp3) is 0.316. The molecule has 0 N–H and O–H groups in total. The molecule has 0 bridgehead atoms. The summed E-state index contributed by atoms with van der Waals surface area (Å²) in [4.78, 5) is 17.7. The molecule has 0 fully saturated rings. The largest absolute Gasteiger partial charge is 0.463 e. The van der Waals surface area contributed by atoms with Gasteiger partial charge in [0.25, 0.3) is 0 Å². The Balaban J connectivity index is 2.04. The predicted octanol–water partition coefficient (Wildman–Crippen LogP) is 3.10. The summed E-state index contributed by atoms with van der Waals surface area (Å²) in [5.41, 5.74) is 3.87. The molecule has 0 aliphatic carbocycles. The van der Waals surface area contributed by atoms with Crippen molar-refractivity contribution in [2.24, 2.45) is 0 Å². The summed E-state index contributed by atoms with van der Waals surface area (Å²) in [5.74, 6) is 1.42. The van der Waals surface area contributed by atoms with Gasteiger partial charge in [0.1, 0.15) is 5.69 Å². The van der Waals surface area contributed by atoms with E-state index >= 15 is 0 Å². The van der Waals surface area contributed by atoms with Crippen LogP contribution in [0.1, 0.15) is 5.56 Å². The molecule has 3 rings (SSSR count). The first-order valence-corrected chi connectivity index (χ1v) is 8.24. The second kappa shape index (κ2) is 7.44. The van der Waals surface area contributed by atoms with Gasteiger partial charge < -0.3 is 14.2 Å². The molecule has 0 unspecified atom stereocenters. The second-order valence-electron chi connectivity index (χ2n) is 6.33. The maximum absolute atomic E-state index is 5.62. The molecule has 6 nitrogen and oxygen atoms in total. The number of likely N-dealkylation sites (N-methyl/N-ethyl adjacent to an activating group) is 2. The average Bonchev–Trinajstić information content (AvgIpc) is 3.14. The van der Waals surface area contributed by atoms with Crippen molar-refractivity contribution in [3.8, 4) is 22.6 Å². The van der Waals surface area contributed by atoms with Gasteiger partial charge in [-0.05, 0) is 50.3 Å². The fourth-order valence-corrected chi connectivity index (χ4v) is 2.58. The number of rotatable bonds is 6. The molecule has 0 spiro atoms. The van der Waals surface area contributed by atoms with E-state index in [0.29, 0.717) is 5.95 Å². The summed E-state index contributed by atoms with van der Waals surface area (Å²) in [6.45, 7) is 3.81. The number of anilines is 1. The van der Waals surface area contributed by atoms with Crippen molar-refractivity contribution in [1.82, 2.24) is 19.9 Å². The molecule has 6 heteroatoms. The molecule has 0 amide bonds. The highest BCUT2D eigenvalue weighted by atomic mass is 16.3. The van der Waals surface area contributed by atoms with Gasteiger partial charge in [-0.15, -0.1) is 0 Å². The van der Waals surface area contributed by atoms with Crippen LogP contribution in [0.15, 0.2) is 47.5 Å². The van der Waals surface area contributed by atoms with Crippen molar-refractivity contribution in [2.45, 2.75) is 6.92 Å². The summed E-state index contributed by atoms with van der Waals surface area (Å²) in [6.07, 6.45) is 7.16. The maximum Gasteiger partial charge on any atom is 0.225 e. The van der Waals surface area contributed by atoms with Gasteiger partial charge in [-0.2, -0.15) is 0 Å². The van der Waals surface area contributed by atoms with Crippen molar-refractivity contribution in [3.63, 3.8) is 0 Å². The van der Waals surface area contributed by atoms with Crippen LogP contribution in [0.25, 0.3) is 22.6 Å². The fourth-order valence-electron chi connectivity index (χ4n) is 2.58. The van der Waals surface area contributed by atoms with E-state index in [1.54, 1.807) is 12.5 Å². The van der Waals surface area contributed by atoms with Crippen LogP contribution in [0.4, 0.5) is 5.95 Å². The van der Waals surface area contributed by atoms with Gasteiger partial charge in [-0.25, -0.2) is 9.97 Å². The highest BCUT2D eigenvalue weighted by Gasteiger charge is 2.16. The molecule has 3 aromatic rings. The predicted molar refractivity (Wildman–Crippen MR) is 99.5 cm³/mol. The van der Waals surface area contributed by atoms with Gasteiger partial charge in [0.2, 0.25) is 5.95 Å². The first-order valence-electron chi connectivity index (χ1n) is 8.24. The topological polar surface area (TPSA) is 58.3 Å². The molecule has 0 saturated carbocycles. The van der Waals surface area contributed by atoms with Gasteiger partial charge >= 0.3 is 0 Å². The quantitative estimate of drug-likeness (QED) is 0.689. The molecule has 0 aromatic carbocycles. The summed E-state index contributed by atoms with van der Waals surface area (Å²) < 4.78 is 5.62. The molecule has 0 saturated heterocycles. The van der Waals surface area contributed by atoms with E-state index in [1.165, 1.54) is 0 Å². The molecular weight excluding hydrogens is 314 g/mol. The van der Waals surface area contributed by atoms with Gasteiger partial charge in [0, 0.05) is 44.3 Å². The van der Waals surface area contributed by atoms with Gasteiger partial charge in [-0.1, -0.05) is 0 Å². The molecule has 130 valence electrons. The normalized spacial score (nSPS) is 11.1. The number of aromatic nitrogens is 3. The Morgan fingerprint density at radius 3 is 2.56 bits per heavy atom. The number of hydrogen-bond donors (Lipinski definition) is 0. The molecule has 0 aliphatic rings. The third-order valence-corrected chi connectivity index (χ3v) is 4.07. The first-order chi connectivity index (χ1) is 12.1. The second-order valence-corrected chi connectivity index (χ2v) is 6.33. The van der Waals surface area contributed by atoms with Gasteiger partial charge in [0.15, 0.2) is 5.76 Å². The van der Waals surface area contributed by atoms with E-state index in [2.05, 4.69) is 33.9 Å². The third kappa shape index (κ3) is 3.85. The van der Waals surface area contributed by atoms with Crippen molar-refractivity contribution in [2.75, 3.05) is 39.1 Å². The maximum atomic E-state index is 5.62. The van der Waals surface area contributed by atoms with E-state index in [1.807, 2.05) is 44.6 Å². The van der Waals surface area contributed by atoms with Crippen LogP contribution >= 0.6 is 0 Å². The zero-order chi connectivity index (χ0) is 17.8. The Morgan fingerprint density at radius 2 is 1.88 bits per heavy atom.